The molecule has 0 unspecified atom stereocenters. The van der Waals surface area contributed by atoms with Gasteiger partial charge < -0.3 is 14.7 Å². The van der Waals surface area contributed by atoms with E-state index < -0.39 is 0 Å². The maximum absolute atomic E-state index is 14.3. The summed E-state index contributed by atoms with van der Waals surface area (Å²) in [7, 11) is 0. The molecule has 7 atom stereocenters. The number of carbonyl (C=O) groups is 2. The molecule has 3 aliphatic heterocycles. The van der Waals surface area contributed by atoms with Gasteiger partial charge in [-0.15, -0.1) is 0 Å². The molecule has 4 heterocycles. The molecule has 0 radical (unpaired) electrons. The molecule has 0 amide bonds. The largest absolute Gasteiger partial charge is 0.356 e. The fraction of sp³-hybridized carbons (Fsp3) is 0.737. The first-order chi connectivity index (χ1) is 22.2. The first-order valence-electron chi connectivity index (χ1n) is 18.6. The topological polar surface area (TPSA) is 72.9 Å². The summed E-state index contributed by atoms with van der Waals surface area (Å²) >= 11 is 0. The van der Waals surface area contributed by atoms with E-state index in [1.165, 1.54) is 44.1 Å². The number of aromatic nitrogens is 2. The number of hydrogen-bond acceptors (Lipinski definition) is 8. The van der Waals surface area contributed by atoms with Gasteiger partial charge in [-0.3, -0.25) is 14.5 Å². The van der Waals surface area contributed by atoms with Gasteiger partial charge in [-0.1, -0.05) is 32.4 Å². The van der Waals surface area contributed by atoms with Crippen molar-refractivity contribution in [2.24, 2.45) is 40.4 Å². The number of rotatable bonds is 6. The van der Waals surface area contributed by atoms with Crippen LogP contribution in [0.1, 0.15) is 78.6 Å². The van der Waals surface area contributed by atoms with Crippen LogP contribution in [0.2, 0.25) is 0 Å². The van der Waals surface area contributed by atoms with E-state index in [0.717, 1.165) is 89.2 Å². The van der Waals surface area contributed by atoms with Crippen LogP contribution in [0, 0.1) is 40.4 Å². The SMILES string of the molecule is C[C@@H]1C[C@H]2[C@@H]3CCC4=CC(=O)C=C[C@]4(C)[C@H]3CC[C@]2(C)[C@H]1C(=O)CN1CCN(c2cc(N3CCCC3)nc(N3CCCC3)n2)CC1. The van der Waals surface area contributed by atoms with Gasteiger partial charge in [-0.25, -0.2) is 0 Å². The Balaban J connectivity index is 0.931. The minimum absolute atomic E-state index is 0.0112. The van der Waals surface area contributed by atoms with E-state index in [2.05, 4.69) is 52.5 Å². The number of carbonyl (C=O) groups excluding carboxylic acids is 2. The van der Waals surface area contributed by atoms with Gasteiger partial charge in [0, 0.05) is 69.8 Å². The molecule has 0 N–H and O–H groups in total. The molecule has 1 aromatic rings. The lowest BCUT2D eigenvalue weighted by Gasteiger charge is -2.57. The van der Waals surface area contributed by atoms with E-state index in [-0.39, 0.29) is 22.5 Å². The molecule has 0 spiro atoms. The lowest BCUT2D eigenvalue weighted by atomic mass is 9.47. The van der Waals surface area contributed by atoms with E-state index in [1.54, 1.807) is 0 Å². The molecule has 46 heavy (non-hydrogen) atoms. The highest BCUT2D eigenvalue weighted by Gasteiger charge is 2.61. The highest BCUT2D eigenvalue weighted by atomic mass is 16.1. The van der Waals surface area contributed by atoms with Crippen LogP contribution in [0.15, 0.2) is 29.9 Å². The number of anilines is 3. The van der Waals surface area contributed by atoms with Crippen molar-refractivity contribution in [1.82, 2.24) is 14.9 Å². The highest BCUT2D eigenvalue weighted by molar-refractivity contribution is 6.01. The molecular weight excluding hydrogens is 572 g/mol. The van der Waals surface area contributed by atoms with Crippen LogP contribution in [-0.2, 0) is 9.59 Å². The normalized spacial score (nSPS) is 37.7. The van der Waals surface area contributed by atoms with E-state index in [1.807, 2.05) is 12.2 Å². The van der Waals surface area contributed by atoms with Crippen molar-refractivity contribution in [3.05, 3.63) is 29.9 Å². The van der Waals surface area contributed by atoms with Crippen molar-refractivity contribution in [2.45, 2.75) is 78.6 Å². The maximum atomic E-state index is 14.3. The highest BCUT2D eigenvalue weighted by Crippen LogP contribution is 2.67. The predicted molar refractivity (Wildman–Crippen MR) is 183 cm³/mol. The molecule has 3 saturated heterocycles. The van der Waals surface area contributed by atoms with E-state index in [0.29, 0.717) is 36.0 Å². The summed E-state index contributed by atoms with van der Waals surface area (Å²) in [5, 5.41) is 0. The van der Waals surface area contributed by atoms with Gasteiger partial charge in [0.2, 0.25) is 5.95 Å². The van der Waals surface area contributed by atoms with Gasteiger partial charge in [-0.05, 0) is 99.0 Å². The van der Waals surface area contributed by atoms with E-state index in [9.17, 15) is 9.59 Å². The number of nitrogens with zero attached hydrogens (tertiary/aromatic N) is 6. The van der Waals surface area contributed by atoms with Crippen LogP contribution in [0.4, 0.5) is 17.6 Å². The van der Waals surface area contributed by atoms with Crippen molar-refractivity contribution >= 4 is 29.2 Å². The third-order valence-electron chi connectivity index (χ3n) is 13.8. The van der Waals surface area contributed by atoms with Crippen LogP contribution in [0.3, 0.4) is 0 Å². The zero-order chi connectivity index (χ0) is 31.6. The van der Waals surface area contributed by atoms with Crippen molar-refractivity contribution in [3.8, 4) is 0 Å². The number of ketones is 2. The van der Waals surface area contributed by atoms with Gasteiger partial charge >= 0.3 is 0 Å². The lowest BCUT2D eigenvalue weighted by molar-refractivity contribution is -0.132. The van der Waals surface area contributed by atoms with Crippen LogP contribution in [-0.4, -0.2) is 85.3 Å². The number of hydrogen-bond donors (Lipinski definition) is 0. The number of piperazine rings is 1. The van der Waals surface area contributed by atoms with Crippen molar-refractivity contribution in [2.75, 3.05) is 73.6 Å². The van der Waals surface area contributed by atoms with Crippen LogP contribution in [0.5, 0.6) is 0 Å². The van der Waals surface area contributed by atoms with Crippen LogP contribution >= 0.6 is 0 Å². The quantitative estimate of drug-likeness (QED) is 0.408. The van der Waals surface area contributed by atoms with Crippen molar-refractivity contribution in [1.29, 1.82) is 0 Å². The van der Waals surface area contributed by atoms with Crippen LogP contribution in [0.25, 0.3) is 0 Å². The average Bonchev–Trinajstić information content (AvgIpc) is 3.83. The molecule has 8 rings (SSSR count). The molecule has 3 saturated carbocycles. The Bertz CT molecular complexity index is 1390. The summed E-state index contributed by atoms with van der Waals surface area (Å²) in [6, 6.07) is 2.22. The summed E-state index contributed by atoms with van der Waals surface area (Å²) in [6.07, 6.45) is 16.6. The van der Waals surface area contributed by atoms with Crippen molar-refractivity contribution < 1.29 is 9.59 Å². The number of fused-ring (bicyclic) bond motifs is 5. The van der Waals surface area contributed by atoms with E-state index >= 15 is 0 Å². The van der Waals surface area contributed by atoms with Gasteiger partial charge in [-0.2, -0.15) is 9.97 Å². The van der Waals surface area contributed by atoms with Gasteiger partial charge in [0.25, 0.3) is 0 Å². The second-order valence-electron chi connectivity index (χ2n) is 16.3. The summed E-state index contributed by atoms with van der Waals surface area (Å²) in [5.41, 5.74) is 1.45. The Labute approximate surface area is 275 Å². The summed E-state index contributed by atoms with van der Waals surface area (Å²) in [6.45, 7) is 15.7. The predicted octanol–water partition coefficient (Wildman–Crippen LogP) is 5.54. The minimum Gasteiger partial charge on any atom is -0.356 e. The Kier molecular flexibility index (Phi) is 7.81. The molecule has 4 aliphatic carbocycles. The monoisotopic (exact) mass is 626 g/mol. The zero-order valence-corrected chi connectivity index (χ0v) is 28.4. The van der Waals surface area contributed by atoms with Gasteiger partial charge in [0.1, 0.15) is 11.6 Å². The lowest BCUT2D eigenvalue weighted by Crippen LogP contribution is -2.52. The molecule has 8 heteroatoms. The maximum Gasteiger partial charge on any atom is 0.229 e. The third kappa shape index (κ3) is 5.12. The Morgan fingerprint density at radius 2 is 1.52 bits per heavy atom. The molecular formula is C38H54N6O2. The second-order valence-corrected chi connectivity index (χ2v) is 16.3. The van der Waals surface area contributed by atoms with Gasteiger partial charge in [0.15, 0.2) is 11.6 Å². The Morgan fingerprint density at radius 3 is 2.22 bits per heavy atom. The number of Topliss-reactive ketones (excluding diaryl/α,β-unsaturated/α-hetero) is 1. The van der Waals surface area contributed by atoms with Crippen LogP contribution < -0.4 is 14.7 Å². The molecule has 0 aromatic carbocycles. The summed E-state index contributed by atoms with van der Waals surface area (Å²) in [5.74, 6) is 6.09. The Hall–Kier alpha value is -2.74. The average molecular weight is 627 g/mol. The first-order valence-corrected chi connectivity index (χ1v) is 18.6. The Morgan fingerprint density at radius 1 is 0.870 bits per heavy atom. The first kappa shape index (κ1) is 30.6. The van der Waals surface area contributed by atoms with Crippen molar-refractivity contribution in [3.63, 3.8) is 0 Å². The standard InChI is InChI=1S/C38H54N6O2/c1-26-22-31-29-9-8-27-23-28(45)10-12-37(27,2)30(29)11-13-38(31,3)35(26)32(46)25-41-18-20-43(21-19-41)34-24-33(42-14-4-5-15-42)39-36(40-34)44-16-6-7-17-44/h10,12,23-24,26,29-31,35H,4-9,11,13-22,25H2,1-3H3/t26-,29-,30+,31+,35-,37+,38+/m1/s1. The molecule has 1 aromatic heterocycles. The fourth-order valence-corrected chi connectivity index (χ4v) is 11.4. The molecule has 8 nitrogen and oxygen atoms in total. The molecule has 0 bridgehead atoms. The van der Waals surface area contributed by atoms with E-state index in [4.69, 9.17) is 9.97 Å². The summed E-state index contributed by atoms with van der Waals surface area (Å²) in [4.78, 5) is 46.2. The molecule has 6 fully saturated rings. The minimum atomic E-state index is 0.0112. The fourth-order valence-electron chi connectivity index (χ4n) is 11.4. The smallest absolute Gasteiger partial charge is 0.229 e. The zero-order valence-electron chi connectivity index (χ0n) is 28.4. The van der Waals surface area contributed by atoms with Gasteiger partial charge in [0.05, 0.1) is 6.54 Å². The third-order valence-corrected chi connectivity index (χ3v) is 13.8. The molecule has 7 aliphatic rings. The second kappa shape index (κ2) is 11.7. The summed E-state index contributed by atoms with van der Waals surface area (Å²) < 4.78 is 0. The molecule has 248 valence electrons. The number of allylic oxidation sites excluding steroid dienone is 4.